The molecule has 1 fully saturated rings. The summed E-state index contributed by atoms with van der Waals surface area (Å²) in [6.45, 7) is 3.99. The number of likely N-dealkylation sites (N-methyl/N-ethyl adjacent to an activating group) is 1. The second-order valence-corrected chi connectivity index (χ2v) is 10.2. The van der Waals surface area contributed by atoms with Crippen LogP contribution in [0.25, 0.3) is 0 Å². The van der Waals surface area contributed by atoms with Crippen LogP contribution in [-0.4, -0.2) is 63.6 Å². The summed E-state index contributed by atoms with van der Waals surface area (Å²) in [6.07, 6.45) is 1.55. The summed E-state index contributed by atoms with van der Waals surface area (Å²) in [5.74, 6) is 1.35. The van der Waals surface area contributed by atoms with Gasteiger partial charge in [0.1, 0.15) is 11.6 Å². The Balaban J connectivity index is 1.41. The van der Waals surface area contributed by atoms with E-state index in [2.05, 4.69) is 43.5 Å². The lowest BCUT2D eigenvalue weighted by molar-refractivity contribution is 0.312. The smallest absolute Gasteiger partial charge is 0.229 e. The van der Waals surface area contributed by atoms with E-state index in [-0.39, 0.29) is 10.6 Å². The molecular formula is C23H26N6O3S. The van der Waals surface area contributed by atoms with Crippen LogP contribution < -0.4 is 20.3 Å². The van der Waals surface area contributed by atoms with Crippen molar-refractivity contribution in [3.63, 3.8) is 0 Å². The summed E-state index contributed by atoms with van der Waals surface area (Å²) in [4.78, 5) is 13.8. The number of nitrogens with zero attached hydrogens (tertiary/aromatic N) is 4. The number of aromatic nitrogens is 2. The fourth-order valence-electron chi connectivity index (χ4n) is 4.10. The minimum atomic E-state index is -3.48. The van der Waals surface area contributed by atoms with Gasteiger partial charge in [0, 0.05) is 49.7 Å². The third kappa shape index (κ3) is 4.31. The molecule has 33 heavy (non-hydrogen) atoms. The molecule has 2 N–H and O–H groups in total. The standard InChI is InChI=1S/C23H26N6O3S/c1-28-9-11-29(12-10-28)17-7-8-18(20(13-17)32-2)26-23-24-14-16-15-33(30,31)21-6-4-3-5-19(21)25-22(16)27-23/h3-8,13-14H,9-12,15H2,1-2H3,(H2,24,25,26,27). The van der Waals surface area contributed by atoms with Gasteiger partial charge in [-0.2, -0.15) is 4.98 Å². The summed E-state index contributed by atoms with van der Waals surface area (Å²) in [6, 6.07) is 12.9. The molecule has 2 aliphatic heterocycles. The summed E-state index contributed by atoms with van der Waals surface area (Å²) in [7, 11) is 0.284. The van der Waals surface area contributed by atoms with Crippen LogP contribution in [0.1, 0.15) is 5.56 Å². The van der Waals surface area contributed by atoms with E-state index in [9.17, 15) is 8.42 Å². The monoisotopic (exact) mass is 466 g/mol. The van der Waals surface area contributed by atoms with E-state index in [1.165, 1.54) is 0 Å². The van der Waals surface area contributed by atoms with Crippen molar-refractivity contribution in [2.75, 3.05) is 55.9 Å². The maximum Gasteiger partial charge on any atom is 0.229 e. The Morgan fingerprint density at radius 1 is 1.09 bits per heavy atom. The largest absolute Gasteiger partial charge is 0.494 e. The third-order valence-electron chi connectivity index (χ3n) is 5.99. The number of nitrogens with one attached hydrogen (secondary N) is 2. The van der Waals surface area contributed by atoms with Crippen molar-refractivity contribution in [2.45, 2.75) is 10.6 Å². The molecular weight excluding hydrogens is 440 g/mol. The Labute approximate surface area is 193 Å². The van der Waals surface area contributed by atoms with Crippen molar-refractivity contribution in [1.82, 2.24) is 14.9 Å². The second kappa shape index (κ2) is 8.53. The number of rotatable bonds is 4. The molecule has 0 unspecified atom stereocenters. The van der Waals surface area contributed by atoms with Gasteiger partial charge in [0.05, 0.1) is 29.1 Å². The molecule has 1 saturated heterocycles. The fraction of sp³-hybridized carbons (Fsp3) is 0.304. The molecule has 9 nitrogen and oxygen atoms in total. The molecule has 172 valence electrons. The lowest BCUT2D eigenvalue weighted by Gasteiger charge is -2.34. The molecule has 3 aromatic rings. The molecule has 10 heteroatoms. The minimum Gasteiger partial charge on any atom is -0.494 e. The van der Waals surface area contributed by atoms with Gasteiger partial charge < -0.3 is 25.2 Å². The Hall–Kier alpha value is -3.37. The van der Waals surface area contributed by atoms with Crippen LogP contribution in [0.5, 0.6) is 5.75 Å². The van der Waals surface area contributed by atoms with Crippen molar-refractivity contribution in [1.29, 1.82) is 0 Å². The van der Waals surface area contributed by atoms with Crippen molar-refractivity contribution in [3.8, 4) is 5.75 Å². The summed E-state index contributed by atoms with van der Waals surface area (Å²) in [5, 5.41) is 6.37. The van der Waals surface area contributed by atoms with Gasteiger partial charge in [0.15, 0.2) is 9.84 Å². The van der Waals surface area contributed by atoms with E-state index >= 15 is 0 Å². The van der Waals surface area contributed by atoms with Gasteiger partial charge in [-0.3, -0.25) is 0 Å². The first-order valence-electron chi connectivity index (χ1n) is 10.8. The third-order valence-corrected chi connectivity index (χ3v) is 7.70. The highest BCUT2D eigenvalue weighted by molar-refractivity contribution is 7.90. The molecule has 0 radical (unpaired) electrons. The minimum absolute atomic E-state index is 0.157. The van der Waals surface area contributed by atoms with Crippen LogP contribution in [0, 0.1) is 0 Å². The van der Waals surface area contributed by atoms with Crippen LogP contribution in [0.2, 0.25) is 0 Å². The van der Waals surface area contributed by atoms with Crippen molar-refractivity contribution in [2.24, 2.45) is 0 Å². The van der Waals surface area contributed by atoms with Crippen molar-refractivity contribution >= 4 is 38.7 Å². The highest BCUT2D eigenvalue weighted by Gasteiger charge is 2.26. The number of sulfone groups is 1. The van der Waals surface area contributed by atoms with Crippen LogP contribution in [0.15, 0.2) is 53.6 Å². The van der Waals surface area contributed by atoms with Crippen LogP contribution in [0.3, 0.4) is 0 Å². The summed E-state index contributed by atoms with van der Waals surface area (Å²) >= 11 is 0. The number of hydrogen-bond donors (Lipinski definition) is 2. The maximum atomic E-state index is 12.8. The fourth-order valence-corrected chi connectivity index (χ4v) is 5.61. The quantitative estimate of drug-likeness (QED) is 0.601. The predicted molar refractivity (Wildman–Crippen MR) is 129 cm³/mol. The van der Waals surface area contributed by atoms with Crippen LogP contribution in [-0.2, 0) is 15.6 Å². The number of fused-ring (bicyclic) bond motifs is 2. The first-order chi connectivity index (χ1) is 15.9. The Morgan fingerprint density at radius 3 is 2.67 bits per heavy atom. The van der Waals surface area contributed by atoms with Gasteiger partial charge in [-0.25, -0.2) is 13.4 Å². The summed E-state index contributed by atoms with van der Waals surface area (Å²) in [5.41, 5.74) is 2.87. The Morgan fingerprint density at radius 2 is 1.88 bits per heavy atom. The Kier molecular flexibility index (Phi) is 5.55. The second-order valence-electron chi connectivity index (χ2n) is 8.25. The highest BCUT2D eigenvalue weighted by atomic mass is 32.2. The molecule has 0 saturated carbocycles. The number of ether oxygens (including phenoxy) is 1. The van der Waals surface area contributed by atoms with E-state index in [0.29, 0.717) is 28.8 Å². The zero-order chi connectivity index (χ0) is 23.0. The topological polar surface area (TPSA) is 99.7 Å². The van der Waals surface area contributed by atoms with Gasteiger partial charge in [0.2, 0.25) is 5.95 Å². The van der Waals surface area contributed by atoms with E-state index < -0.39 is 9.84 Å². The molecule has 2 aliphatic rings. The normalized spacial score (nSPS) is 17.3. The zero-order valence-electron chi connectivity index (χ0n) is 18.6. The van der Waals surface area contributed by atoms with Crippen molar-refractivity contribution in [3.05, 3.63) is 54.2 Å². The van der Waals surface area contributed by atoms with E-state index in [1.54, 1.807) is 37.6 Å². The molecule has 3 heterocycles. The number of methoxy groups -OCH3 is 1. The van der Waals surface area contributed by atoms with Gasteiger partial charge in [0.25, 0.3) is 0 Å². The van der Waals surface area contributed by atoms with Crippen molar-refractivity contribution < 1.29 is 13.2 Å². The molecule has 0 amide bonds. The van der Waals surface area contributed by atoms with Gasteiger partial charge in [-0.1, -0.05) is 12.1 Å². The van der Waals surface area contributed by atoms with Crippen LogP contribution in [0.4, 0.5) is 28.8 Å². The highest BCUT2D eigenvalue weighted by Crippen LogP contribution is 2.35. The average molecular weight is 467 g/mol. The maximum absolute atomic E-state index is 12.8. The van der Waals surface area contributed by atoms with Gasteiger partial charge in [-0.15, -0.1) is 0 Å². The average Bonchev–Trinajstić information content (AvgIpc) is 2.92. The van der Waals surface area contributed by atoms with E-state index in [1.807, 2.05) is 12.1 Å². The lowest BCUT2D eigenvalue weighted by atomic mass is 10.2. The SMILES string of the molecule is COc1cc(N2CCN(C)CC2)ccc1Nc1ncc2c(n1)Nc1ccccc1S(=O)(=O)C2. The number of hydrogen-bond acceptors (Lipinski definition) is 9. The first-order valence-corrected chi connectivity index (χ1v) is 12.4. The lowest BCUT2D eigenvalue weighted by Crippen LogP contribution is -2.44. The van der Waals surface area contributed by atoms with Gasteiger partial charge in [-0.05, 0) is 31.3 Å². The summed E-state index contributed by atoms with van der Waals surface area (Å²) < 4.78 is 31.1. The number of para-hydroxylation sites is 1. The molecule has 0 atom stereocenters. The zero-order valence-corrected chi connectivity index (χ0v) is 19.4. The first kappa shape index (κ1) is 21.5. The number of benzene rings is 2. The predicted octanol–water partition coefficient (Wildman–Crippen LogP) is 3.01. The molecule has 0 spiro atoms. The molecule has 2 aromatic carbocycles. The Bertz CT molecular complexity index is 1290. The molecule has 5 rings (SSSR count). The molecule has 0 bridgehead atoms. The van der Waals surface area contributed by atoms with E-state index in [0.717, 1.165) is 37.6 Å². The molecule has 0 aliphatic carbocycles. The molecule has 1 aromatic heterocycles. The van der Waals surface area contributed by atoms with Crippen LogP contribution >= 0.6 is 0 Å². The number of anilines is 5. The number of piperazine rings is 1. The van der Waals surface area contributed by atoms with Gasteiger partial charge >= 0.3 is 0 Å². The van der Waals surface area contributed by atoms with E-state index in [4.69, 9.17) is 4.74 Å².